The average Bonchev–Trinajstić information content (AvgIpc) is 2.42. The monoisotopic (exact) mass is 266 g/mol. The number of alkyl halides is 1. The van der Waals surface area contributed by atoms with Crippen molar-refractivity contribution in [2.75, 3.05) is 13.3 Å². The highest BCUT2D eigenvalue weighted by molar-refractivity contribution is 5.97. The van der Waals surface area contributed by atoms with Gasteiger partial charge in [0.15, 0.2) is 5.78 Å². The summed E-state index contributed by atoms with van der Waals surface area (Å²) in [5.74, 6) is -0.221. The molecule has 0 aliphatic rings. The third-order valence-electron chi connectivity index (χ3n) is 2.53. The van der Waals surface area contributed by atoms with E-state index < -0.39 is 12.6 Å². The number of hydrogen-bond donors (Lipinski definition) is 0. The molecule has 0 atom stereocenters. The van der Waals surface area contributed by atoms with Crippen molar-refractivity contribution in [3.63, 3.8) is 0 Å². The standard InChI is InChI=1S/C15H19FO3/c1-11(2)10-19-15(18)13-7-5-12(6-8-13)14(17)4-3-9-16/h5-8,11H,3-4,9-10H2,1-2H3. The first-order valence-electron chi connectivity index (χ1n) is 6.41. The molecule has 0 amide bonds. The second-order valence-electron chi connectivity index (χ2n) is 4.79. The average molecular weight is 266 g/mol. The van der Waals surface area contributed by atoms with Crippen molar-refractivity contribution in [3.8, 4) is 0 Å². The molecule has 0 spiro atoms. The number of carbonyl (C=O) groups is 2. The SMILES string of the molecule is CC(C)COC(=O)c1ccc(C(=O)CCCF)cc1. The Morgan fingerprint density at radius 3 is 2.26 bits per heavy atom. The zero-order chi connectivity index (χ0) is 14.3. The van der Waals surface area contributed by atoms with E-state index in [1.54, 1.807) is 24.3 Å². The van der Waals surface area contributed by atoms with Crippen LogP contribution < -0.4 is 0 Å². The van der Waals surface area contributed by atoms with Crippen molar-refractivity contribution in [2.24, 2.45) is 5.92 Å². The molecule has 0 saturated carbocycles. The molecular weight excluding hydrogens is 247 g/mol. The number of benzene rings is 1. The van der Waals surface area contributed by atoms with Crippen molar-refractivity contribution < 1.29 is 18.7 Å². The molecular formula is C15H19FO3. The molecule has 0 aliphatic heterocycles. The van der Waals surface area contributed by atoms with E-state index in [4.69, 9.17) is 4.74 Å². The van der Waals surface area contributed by atoms with E-state index >= 15 is 0 Å². The fourth-order valence-corrected chi connectivity index (χ4v) is 1.49. The Morgan fingerprint density at radius 2 is 1.74 bits per heavy atom. The predicted octanol–water partition coefficient (Wildman–Crippen LogP) is 3.43. The minimum Gasteiger partial charge on any atom is -0.462 e. The molecule has 104 valence electrons. The molecule has 0 unspecified atom stereocenters. The van der Waals surface area contributed by atoms with E-state index in [1.165, 1.54) is 0 Å². The van der Waals surface area contributed by atoms with Crippen LogP contribution in [0, 0.1) is 5.92 Å². The molecule has 0 aromatic heterocycles. The van der Waals surface area contributed by atoms with E-state index in [9.17, 15) is 14.0 Å². The number of esters is 1. The van der Waals surface area contributed by atoms with Crippen molar-refractivity contribution in [1.29, 1.82) is 0 Å². The molecule has 19 heavy (non-hydrogen) atoms. The van der Waals surface area contributed by atoms with Crippen molar-refractivity contribution >= 4 is 11.8 Å². The van der Waals surface area contributed by atoms with Crippen LogP contribution in [0.15, 0.2) is 24.3 Å². The van der Waals surface area contributed by atoms with E-state index in [2.05, 4.69) is 0 Å². The number of halogens is 1. The third-order valence-corrected chi connectivity index (χ3v) is 2.53. The summed E-state index contributed by atoms with van der Waals surface area (Å²) < 4.78 is 17.1. The Bertz CT molecular complexity index is 424. The Morgan fingerprint density at radius 1 is 1.16 bits per heavy atom. The van der Waals surface area contributed by atoms with Gasteiger partial charge in [-0.1, -0.05) is 26.0 Å². The second kappa shape index (κ2) is 7.67. The first-order valence-corrected chi connectivity index (χ1v) is 6.41. The quantitative estimate of drug-likeness (QED) is 0.561. The van der Waals surface area contributed by atoms with Gasteiger partial charge in [0, 0.05) is 12.0 Å². The lowest BCUT2D eigenvalue weighted by atomic mass is 10.1. The normalized spacial score (nSPS) is 10.5. The van der Waals surface area contributed by atoms with Crippen LogP contribution in [0.4, 0.5) is 4.39 Å². The molecule has 0 saturated heterocycles. The lowest BCUT2D eigenvalue weighted by molar-refractivity contribution is 0.0458. The molecule has 0 heterocycles. The van der Waals surface area contributed by atoms with Gasteiger partial charge in [-0.05, 0) is 24.5 Å². The molecule has 1 rings (SSSR count). The summed E-state index contributed by atoms with van der Waals surface area (Å²) in [6.07, 6.45) is 0.421. The summed E-state index contributed by atoms with van der Waals surface area (Å²) >= 11 is 0. The smallest absolute Gasteiger partial charge is 0.338 e. The van der Waals surface area contributed by atoms with Gasteiger partial charge in [0.25, 0.3) is 0 Å². The van der Waals surface area contributed by atoms with Crippen LogP contribution in [0.1, 0.15) is 47.4 Å². The molecule has 1 aromatic rings. The molecule has 0 N–H and O–H groups in total. The summed E-state index contributed by atoms with van der Waals surface area (Å²) in [4.78, 5) is 23.3. The highest BCUT2D eigenvalue weighted by Gasteiger charge is 2.10. The second-order valence-corrected chi connectivity index (χ2v) is 4.79. The Balaban J connectivity index is 2.60. The number of carbonyl (C=O) groups excluding carboxylic acids is 2. The van der Waals surface area contributed by atoms with Gasteiger partial charge in [-0.25, -0.2) is 4.79 Å². The Kier molecular flexibility index (Phi) is 6.19. The maximum Gasteiger partial charge on any atom is 0.338 e. The largest absolute Gasteiger partial charge is 0.462 e. The zero-order valence-electron chi connectivity index (χ0n) is 11.3. The lowest BCUT2D eigenvalue weighted by Crippen LogP contribution is -2.10. The maximum atomic E-state index is 12.0. The van der Waals surface area contributed by atoms with Gasteiger partial charge in [-0.2, -0.15) is 0 Å². The first kappa shape index (κ1) is 15.3. The molecule has 0 radical (unpaired) electrons. The minimum absolute atomic E-state index is 0.111. The summed E-state index contributed by atoms with van der Waals surface area (Å²) in [6, 6.07) is 6.27. The van der Waals surface area contributed by atoms with Crippen molar-refractivity contribution in [3.05, 3.63) is 35.4 Å². The lowest BCUT2D eigenvalue weighted by Gasteiger charge is -2.07. The molecule has 0 bridgehead atoms. The van der Waals surface area contributed by atoms with Gasteiger partial charge in [-0.3, -0.25) is 9.18 Å². The third kappa shape index (κ3) is 5.20. The number of ketones is 1. The van der Waals surface area contributed by atoms with Crippen LogP contribution in [0.5, 0.6) is 0 Å². The first-order chi connectivity index (χ1) is 9.04. The van der Waals surface area contributed by atoms with Gasteiger partial charge in [-0.15, -0.1) is 0 Å². The summed E-state index contributed by atoms with van der Waals surface area (Å²) in [5, 5.41) is 0. The minimum atomic E-state index is -0.495. The van der Waals surface area contributed by atoms with E-state index in [-0.39, 0.29) is 24.5 Å². The van der Waals surface area contributed by atoms with Gasteiger partial charge >= 0.3 is 5.97 Å². The highest BCUT2D eigenvalue weighted by Crippen LogP contribution is 2.10. The van der Waals surface area contributed by atoms with Gasteiger partial charge in [0.2, 0.25) is 0 Å². The Labute approximate surface area is 112 Å². The summed E-state index contributed by atoms with van der Waals surface area (Å²) in [5.41, 5.74) is 0.913. The predicted molar refractivity (Wildman–Crippen MR) is 71.1 cm³/mol. The van der Waals surface area contributed by atoms with Crippen LogP contribution in [-0.2, 0) is 4.74 Å². The van der Waals surface area contributed by atoms with Crippen LogP contribution in [-0.4, -0.2) is 25.0 Å². The number of Topliss-reactive ketones (excluding diaryl/α,β-unsaturated/α-hetero) is 1. The fraction of sp³-hybridized carbons (Fsp3) is 0.467. The number of ether oxygens (including phenoxy) is 1. The molecule has 3 nitrogen and oxygen atoms in total. The van der Waals surface area contributed by atoms with Crippen LogP contribution >= 0.6 is 0 Å². The van der Waals surface area contributed by atoms with E-state index in [0.717, 1.165) is 0 Å². The van der Waals surface area contributed by atoms with Gasteiger partial charge < -0.3 is 4.74 Å². The van der Waals surface area contributed by atoms with Gasteiger partial charge in [0.1, 0.15) is 0 Å². The topological polar surface area (TPSA) is 43.4 Å². The van der Waals surface area contributed by atoms with E-state index in [0.29, 0.717) is 17.7 Å². The fourth-order valence-electron chi connectivity index (χ4n) is 1.49. The Hall–Kier alpha value is -1.71. The van der Waals surface area contributed by atoms with Crippen molar-refractivity contribution in [1.82, 2.24) is 0 Å². The summed E-state index contributed by atoms with van der Waals surface area (Å²) in [7, 11) is 0. The number of rotatable bonds is 7. The van der Waals surface area contributed by atoms with Gasteiger partial charge in [0.05, 0.1) is 18.8 Å². The van der Waals surface area contributed by atoms with Crippen LogP contribution in [0.2, 0.25) is 0 Å². The highest BCUT2D eigenvalue weighted by atomic mass is 19.1. The molecule has 0 fully saturated rings. The number of hydrogen-bond acceptors (Lipinski definition) is 3. The van der Waals surface area contributed by atoms with E-state index in [1.807, 2.05) is 13.8 Å². The zero-order valence-corrected chi connectivity index (χ0v) is 11.3. The molecule has 4 heteroatoms. The van der Waals surface area contributed by atoms with Crippen molar-refractivity contribution in [2.45, 2.75) is 26.7 Å². The maximum absolute atomic E-state index is 12.0. The molecule has 1 aromatic carbocycles. The van der Waals surface area contributed by atoms with Crippen LogP contribution in [0.25, 0.3) is 0 Å². The molecule has 0 aliphatic carbocycles. The van der Waals surface area contributed by atoms with Crippen LogP contribution in [0.3, 0.4) is 0 Å². The summed E-state index contributed by atoms with van der Waals surface area (Å²) in [6.45, 7) is 3.79.